The van der Waals surface area contributed by atoms with Crippen molar-refractivity contribution in [1.29, 1.82) is 0 Å². The first-order valence-electron chi connectivity index (χ1n) is 5.00. The molecule has 0 saturated heterocycles. The van der Waals surface area contributed by atoms with Crippen LogP contribution in [0.3, 0.4) is 0 Å². The van der Waals surface area contributed by atoms with E-state index in [1.165, 1.54) is 6.20 Å². The highest BCUT2D eigenvalue weighted by Gasteiger charge is 2.08. The Kier molecular flexibility index (Phi) is 3.84. The molecule has 1 heterocycles. The lowest BCUT2D eigenvalue weighted by Crippen LogP contribution is -2.22. The van der Waals surface area contributed by atoms with Crippen molar-refractivity contribution in [2.24, 2.45) is 21.6 Å². The second kappa shape index (κ2) is 5.39. The predicted molar refractivity (Wildman–Crippen MR) is 75.2 cm³/mol. The molecule has 2 aromatic rings. The number of nitrogens with two attached hydrogens (primary N) is 3. The minimum atomic E-state index is -1.92. The molecule has 1 aromatic carbocycles. The highest BCUT2D eigenvalue weighted by atomic mass is 35.5. The van der Waals surface area contributed by atoms with Crippen LogP contribution < -0.4 is 20.8 Å². The number of guanidine groups is 1. The second-order valence-electron chi connectivity index (χ2n) is 3.52. The van der Waals surface area contributed by atoms with Crippen molar-refractivity contribution in [2.45, 2.75) is 0 Å². The van der Waals surface area contributed by atoms with Crippen LogP contribution >= 0.6 is 11.6 Å². The van der Waals surface area contributed by atoms with Gasteiger partial charge in [0, 0.05) is 17.0 Å². The fraction of sp³-hybridized carbons (Fsp3) is 0. The van der Waals surface area contributed by atoms with Crippen molar-refractivity contribution in [3.8, 4) is 5.75 Å². The van der Waals surface area contributed by atoms with Gasteiger partial charge in [-0.2, -0.15) is 9.20 Å². The molecule has 1 unspecified atom stereocenters. The van der Waals surface area contributed by atoms with E-state index in [1.807, 2.05) is 0 Å². The van der Waals surface area contributed by atoms with Crippen molar-refractivity contribution in [2.75, 3.05) is 0 Å². The van der Waals surface area contributed by atoms with Crippen molar-refractivity contribution in [1.82, 2.24) is 4.98 Å². The first kappa shape index (κ1) is 13.5. The number of hydrogen-bond donors (Lipinski definition) is 3. The normalized spacial score (nSPS) is 12.1. The lowest BCUT2D eigenvalue weighted by Gasteiger charge is -2.06. The number of aliphatic imine (C=N–C) groups is 1. The number of aromatic nitrogens is 1. The number of nitrogens with zero attached hydrogens (tertiary/aromatic N) is 2. The van der Waals surface area contributed by atoms with Crippen molar-refractivity contribution < 1.29 is 8.39 Å². The Hall–Kier alpha value is -1.90. The Morgan fingerprint density at radius 2 is 2.11 bits per heavy atom. The van der Waals surface area contributed by atoms with Gasteiger partial charge in [-0.25, -0.2) is 10.1 Å². The highest BCUT2D eigenvalue weighted by Crippen LogP contribution is 2.32. The molecule has 9 heteroatoms. The SMILES string of the molecule is NC(N)=Nc1ncc(Cl)c2ccc(OS(N)=O)cc12. The molecule has 100 valence electrons. The van der Waals surface area contributed by atoms with Crippen LogP contribution in [-0.4, -0.2) is 15.2 Å². The molecule has 0 saturated carbocycles. The van der Waals surface area contributed by atoms with Crippen LogP contribution in [0.1, 0.15) is 0 Å². The van der Waals surface area contributed by atoms with Gasteiger partial charge in [-0.3, -0.25) is 0 Å². The van der Waals surface area contributed by atoms with Gasteiger partial charge in [-0.15, -0.1) is 0 Å². The van der Waals surface area contributed by atoms with Crippen molar-refractivity contribution in [3.05, 3.63) is 29.4 Å². The van der Waals surface area contributed by atoms with Crippen LogP contribution in [0.4, 0.5) is 5.82 Å². The van der Waals surface area contributed by atoms with Gasteiger partial charge >= 0.3 is 0 Å². The summed E-state index contributed by atoms with van der Waals surface area (Å²) in [7, 11) is 0. The zero-order chi connectivity index (χ0) is 14.0. The third-order valence-corrected chi connectivity index (χ3v) is 2.86. The number of rotatable bonds is 3. The quantitative estimate of drug-likeness (QED) is 0.567. The fourth-order valence-corrected chi connectivity index (χ4v) is 2.04. The van der Waals surface area contributed by atoms with Gasteiger partial charge < -0.3 is 15.7 Å². The summed E-state index contributed by atoms with van der Waals surface area (Å²) in [5, 5.41) is 6.74. The summed E-state index contributed by atoms with van der Waals surface area (Å²) in [4.78, 5) is 7.91. The first-order valence-corrected chi connectivity index (χ1v) is 6.51. The Balaban J connectivity index is 2.66. The maximum atomic E-state index is 10.8. The molecule has 0 fully saturated rings. The molecule has 0 aliphatic heterocycles. The summed E-state index contributed by atoms with van der Waals surface area (Å²) < 4.78 is 15.7. The minimum absolute atomic E-state index is 0.134. The number of benzene rings is 1. The van der Waals surface area contributed by atoms with Gasteiger partial charge in [0.2, 0.25) is 0 Å². The van der Waals surface area contributed by atoms with E-state index in [0.29, 0.717) is 21.5 Å². The number of halogens is 1. The lowest BCUT2D eigenvalue weighted by atomic mass is 10.1. The molecule has 0 bridgehead atoms. The fourth-order valence-electron chi connectivity index (χ4n) is 1.53. The standard InChI is InChI=1S/C10H10ClN5O2S/c11-8-4-15-9(16-10(12)13)7-3-5(18-19(14)17)1-2-6(7)8/h1-4H,14H2,(H4,12,13,15,16). The van der Waals surface area contributed by atoms with Crippen LogP contribution in [0.5, 0.6) is 5.75 Å². The van der Waals surface area contributed by atoms with E-state index in [-0.39, 0.29) is 11.8 Å². The molecule has 2 rings (SSSR count). The van der Waals surface area contributed by atoms with Crippen molar-refractivity contribution >= 4 is 45.4 Å². The molecule has 0 radical (unpaired) electrons. The summed E-state index contributed by atoms with van der Waals surface area (Å²) in [6.45, 7) is 0. The summed E-state index contributed by atoms with van der Waals surface area (Å²) in [6, 6.07) is 4.81. The third-order valence-electron chi connectivity index (χ3n) is 2.20. The van der Waals surface area contributed by atoms with Crippen molar-refractivity contribution in [3.63, 3.8) is 0 Å². The minimum Gasteiger partial charge on any atom is -0.389 e. The number of fused-ring (bicyclic) bond motifs is 1. The first-order chi connectivity index (χ1) is 8.97. The van der Waals surface area contributed by atoms with E-state index in [1.54, 1.807) is 18.2 Å². The average Bonchev–Trinajstić information content (AvgIpc) is 2.31. The molecule has 6 N–H and O–H groups in total. The number of hydrogen-bond acceptors (Lipinski definition) is 4. The lowest BCUT2D eigenvalue weighted by molar-refractivity contribution is 0.564. The number of pyridine rings is 1. The van der Waals surface area contributed by atoms with Crippen LogP contribution in [0.25, 0.3) is 10.8 Å². The molecule has 19 heavy (non-hydrogen) atoms. The predicted octanol–water partition coefficient (Wildman–Crippen LogP) is 0.709. The molecule has 1 atom stereocenters. The van der Waals surface area contributed by atoms with Crippen LogP contribution in [0.2, 0.25) is 5.02 Å². The second-order valence-corrected chi connectivity index (χ2v) is 4.61. The van der Waals surface area contributed by atoms with Crippen LogP contribution in [-0.2, 0) is 11.3 Å². The Morgan fingerprint density at radius 1 is 1.37 bits per heavy atom. The third kappa shape index (κ3) is 3.11. The van der Waals surface area contributed by atoms with Gasteiger partial charge in [0.1, 0.15) is 5.75 Å². The molecular formula is C10H10ClN5O2S. The molecule has 0 spiro atoms. The summed E-state index contributed by atoms with van der Waals surface area (Å²) in [5.74, 6) is 0.446. The van der Waals surface area contributed by atoms with Gasteiger partial charge in [-0.1, -0.05) is 11.6 Å². The van der Waals surface area contributed by atoms with Crippen LogP contribution in [0.15, 0.2) is 29.4 Å². The maximum absolute atomic E-state index is 10.8. The Morgan fingerprint density at radius 3 is 2.74 bits per heavy atom. The Bertz CT molecular complexity index is 687. The maximum Gasteiger partial charge on any atom is 0.285 e. The molecule has 7 nitrogen and oxygen atoms in total. The zero-order valence-corrected chi connectivity index (χ0v) is 11.1. The topological polar surface area (TPSA) is 130 Å². The monoisotopic (exact) mass is 299 g/mol. The van der Waals surface area contributed by atoms with E-state index in [2.05, 4.69) is 9.98 Å². The van der Waals surface area contributed by atoms with E-state index < -0.39 is 11.3 Å². The van der Waals surface area contributed by atoms with Gasteiger partial charge in [0.15, 0.2) is 11.8 Å². The van der Waals surface area contributed by atoms with E-state index >= 15 is 0 Å². The van der Waals surface area contributed by atoms with E-state index in [0.717, 1.165) is 0 Å². The van der Waals surface area contributed by atoms with Gasteiger partial charge in [-0.05, 0) is 18.2 Å². The van der Waals surface area contributed by atoms with Gasteiger partial charge in [0.05, 0.1) is 5.02 Å². The molecule has 0 aliphatic carbocycles. The van der Waals surface area contributed by atoms with Crippen LogP contribution in [0, 0.1) is 0 Å². The van der Waals surface area contributed by atoms with E-state index in [9.17, 15) is 4.21 Å². The molecule has 0 aliphatic rings. The van der Waals surface area contributed by atoms with Gasteiger partial charge in [0.25, 0.3) is 11.3 Å². The summed E-state index contributed by atoms with van der Waals surface area (Å²) in [5.41, 5.74) is 10.7. The molecular weight excluding hydrogens is 290 g/mol. The highest BCUT2D eigenvalue weighted by molar-refractivity contribution is 7.78. The summed E-state index contributed by atoms with van der Waals surface area (Å²) >= 11 is 4.10. The largest absolute Gasteiger partial charge is 0.389 e. The Labute approximate surface area is 116 Å². The molecule has 0 amide bonds. The zero-order valence-electron chi connectivity index (χ0n) is 9.54. The van der Waals surface area contributed by atoms with E-state index in [4.69, 9.17) is 32.4 Å². The summed E-state index contributed by atoms with van der Waals surface area (Å²) in [6.07, 6.45) is 1.44. The molecule has 1 aromatic heterocycles. The average molecular weight is 300 g/mol. The smallest absolute Gasteiger partial charge is 0.285 e.